The van der Waals surface area contributed by atoms with E-state index in [1.807, 2.05) is 6.92 Å². The molecule has 640 valence electrons. The molecule has 6 aromatic carbocycles. The first kappa shape index (κ1) is 95.5. The first-order valence-corrected chi connectivity index (χ1v) is 46.9. The number of benzene rings is 6. The molecule has 0 aromatic heterocycles. The summed E-state index contributed by atoms with van der Waals surface area (Å²) in [5.41, 5.74) is 11.8. The third-order valence-electron chi connectivity index (χ3n) is 24.8. The maximum absolute atomic E-state index is 11.0. The third-order valence-corrected chi connectivity index (χ3v) is 26.0. The fourth-order valence-electron chi connectivity index (χ4n) is 15.9. The van der Waals surface area contributed by atoms with Crippen LogP contribution in [0.15, 0.2) is 118 Å². The number of rotatable bonds is 25. The summed E-state index contributed by atoms with van der Waals surface area (Å²) in [6.45, 7) is 67.7. The second-order valence-corrected chi connectivity index (χ2v) is 44.3. The van der Waals surface area contributed by atoms with Crippen molar-refractivity contribution in [1.82, 2.24) is 0 Å². The highest BCUT2D eigenvalue weighted by atomic mass is 79.9. The molecule has 1 N–H and O–H groups in total. The fourth-order valence-corrected chi connectivity index (χ4v) is 16.8. The van der Waals surface area contributed by atoms with E-state index in [-0.39, 0.29) is 39.0 Å². The lowest BCUT2D eigenvalue weighted by molar-refractivity contribution is 0.0253. The quantitative estimate of drug-likeness (QED) is 0.0612. The molecular formula is C106H160Br2O7. The number of hydrogen-bond acceptors (Lipinski definition) is 7. The lowest BCUT2D eigenvalue weighted by Gasteiger charge is -2.32. The van der Waals surface area contributed by atoms with Gasteiger partial charge in [0.25, 0.3) is 0 Å². The molecule has 7 nitrogen and oxygen atoms in total. The summed E-state index contributed by atoms with van der Waals surface area (Å²) in [5.74, 6) is 15.9. The smallest absolute Gasteiger partial charge is 0.137 e. The van der Waals surface area contributed by atoms with E-state index in [2.05, 4.69) is 349 Å². The third kappa shape index (κ3) is 28.9. The summed E-state index contributed by atoms with van der Waals surface area (Å²) in [4.78, 5) is 0. The van der Waals surface area contributed by atoms with Crippen molar-refractivity contribution in [3.8, 4) is 34.5 Å². The second kappa shape index (κ2) is 39.3. The van der Waals surface area contributed by atoms with Crippen molar-refractivity contribution in [2.24, 2.45) is 35.5 Å². The highest BCUT2D eigenvalue weighted by Gasteiger charge is 2.48. The van der Waals surface area contributed by atoms with Gasteiger partial charge in [-0.05, 0) is 417 Å². The summed E-state index contributed by atoms with van der Waals surface area (Å²) >= 11 is 7.23. The molecule has 6 aromatic rings. The van der Waals surface area contributed by atoms with Crippen LogP contribution in [0.1, 0.15) is 427 Å². The minimum absolute atomic E-state index is 0.137. The van der Waals surface area contributed by atoms with Gasteiger partial charge in [0.2, 0.25) is 0 Å². The number of hydrogen-bond donors (Lipinski definition) is 1. The monoisotopic (exact) mass is 1700 g/mol. The molecule has 115 heavy (non-hydrogen) atoms. The van der Waals surface area contributed by atoms with Gasteiger partial charge < -0.3 is 33.5 Å². The molecule has 7 aliphatic rings. The molecule has 0 spiro atoms. The molecule has 13 rings (SSSR count). The second-order valence-electron chi connectivity index (χ2n) is 42.6. The van der Waals surface area contributed by atoms with Crippen LogP contribution in [0.2, 0.25) is 0 Å². The average molecular weight is 1710 g/mol. The van der Waals surface area contributed by atoms with Crippen LogP contribution >= 0.6 is 31.9 Å². The van der Waals surface area contributed by atoms with Crippen LogP contribution in [-0.4, -0.2) is 38.7 Å². The SMILES string of the molecule is CC(C)(C)Oc1c(C2(C)CC2)cccc1C(C)(O)C1CC1.CCC(C)c1cccc([C@H](C)C2CC2)c1OC(C)(C)C.CC[C@@H](C)c1cccc([C@H](C)C2CC2)c1OC(C)(C)C.CC[C@H](C)c1cccc([C@H](C)C2CC2)c1OC(C)(C)C.C[C@@H](c1cccc(Br)c1OC(C)(C)C)C1CC1.C[C@H](c1cccc(Br)c1OC(C)(C)C)C1CC1. The van der Waals surface area contributed by atoms with Crippen molar-refractivity contribution in [3.63, 3.8) is 0 Å². The number of ether oxygens (including phenoxy) is 6. The molecule has 0 saturated heterocycles. The van der Waals surface area contributed by atoms with Gasteiger partial charge in [-0.1, -0.05) is 180 Å². The Bertz CT molecular complexity index is 3770. The van der Waals surface area contributed by atoms with Gasteiger partial charge in [-0.25, -0.2) is 0 Å². The van der Waals surface area contributed by atoms with Gasteiger partial charge in [-0.2, -0.15) is 0 Å². The van der Waals surface area contributed by atoms with E-state index in [0.717, 1.165) is 111 Å². The lowest BCUT2D eigenvalue weighted by atomic mass is 9.85. The highest BCUT2D eigenvalue weighted by Crippen LogP contribution is 2.57. The average Bonchev–Trinajstić information content (AvgIpc) is 1.60. The summed E-state index contributed by atoms with van der Waals surface area (Å²) in [5, 5.41) is 11.0. The minimum atomic E-state index is -0.776. The molecule has 0 aliphatic heterocycles. The standard InChI is InChI=1S/C19H28O2.3C19H30O.2C15H21BrO/c1-17(2,3)21-16-14(18(4)11-12-18)7-6-8-15(16)19(5,20)13-9-10-13;3*1-7-13(2)16-9-8-10-17(14(3)15-11-12-15)18(16)20-19(4,5)6;2*1-10(11-8-9-11)12-6-5-7-13(16)14(12)17-15(2,3)4/h6-8,13,20H,9-12H2,1-5H3;3*8-10,13-15H,7,11-12H2,1-6H3;2*5-7,10-11H,8-9H2,1-4H3/t;13?,14-;13-,14+;13-,14-;2*10-/m.10110/s1. The lowest BCUT2D eigenvalue weighted by Crippen LogP contribution is -2.30. The summed E-state index contributed by atoms with van der Waals surface area (Å²) < 4.78 is 39.9. The van der Waals surface area contributed by atoms with E-state index >= 15 is 0 Å². The Labute approximate surface area is 719 Å². The normalized spacial score (nSPS) is 19.4. The summed E-state index contributed by atoms with van der Waals surface area (Å²) in [7, 11) is 0. The van der Waals surface area contributed by atoms with E-state index in [4.69, 9.17) is 28.4 Å². The maximum Gasteiger partial charge on any atom is 0.137 e. The van der Waals surface area contributed by atoms with Crippen LogP contribution < -0.4 is 28.4 Å². The van der Waals surface area contributed by atoms with E-state index in [1.165, 1.54) is 127 Å². The van der Waals surface area contributed by atoms with Gasteiger partial charge >= 0.3 is 0 Å². The summed E-state index contributed by atoms with van der Waals surface area (Å²) in [6.07, 6.45) is 21.8. The van der Waals surface area contributed by atoms with Crippen molar-refractivity contribution in [2.45, 2.75) is 416 Å². The van der Waals surface area contributed by atoms with Crippen LogP contribution in [0.25, 0.3) is 0 Å². The predicted octanol–water partition coefficient (Wildman–Crippen LogP) is 32.5. The van der Waals surface area contributed by atoms with Crippen molar-refractivity contribution in [2.75, 3.05) is 0 Å². The van der Waals surface area contributed by atoms with Gasteiger partial charge in [0.1, 0.15) is 68.1 Å². The van der Waals surface area contributed by atoms with Gasteiger partial charge in [-0.15, -0.1) is 0 Å². The molecule has 7 aliphatic carbocycles. The molecule has 2 unspecified atom stereocenters. The first-order chi connectivity index (χ1) is 53.4. The Morgan fingerprint density at radius 1 is 0.313 bits per heavy atom. The van der Waals surface area contributed by atoms with E-state index < -0.39 is 5.60 Å². The Morgan fingerprint density at radius 3 is 0.757 bits per heavy atom. The van der Waals surface area contributed by atoms with Crippen LogP contribution in [0, 0.1) is 35.5 Å². The van der Waals surface area contributed by atoms with E-state index in [0.29, 0.717) is 53.3 Å². The van der Waals surface area contributed by atoms with E-state index in [9.17, 15) is 5.11 Å². The zero-order valence-corrected chi connectivity index (χ0v) is 81.3. The van der Waals surface area contributed by atoms with Crippen LogP contribution in [0.5, 0.6) is 34.5 Å². The van der Waals surface area contributed by atoms with Gasteiger partial charge in [0, 0.05) is 11.1 Å². The molecule has 0 bridgehead atoms. The molecule has 0 amide bonds. The molecule has 0 heterocycles. The zero-order valence-electron chi connectivity index (χ0n) is 78.1. The Kier molecular flexibility index (Phi) is 32.6. The molecule has 7 saturated carbocycles. The van der Waals surface area contributed by atoms with Crippen molar-refractivity contribution in [3.05, 3.63) is 174 Å². The topological polar surface area (TPSA) is 75.6 Å². The molecular weight excluding hydrogens is 1540 g/mol. The Morgan fingerprint density at radius 2 is 0.530 bits per heavy atom. The highest BCUT2D eigenvalue weighted by molar-refractivity contribution is 9.11. The number of halogens is 2. The first-order valence-electron chi connectivity index (χ1n) is 45.4. The maximum atomic E-state index is 11.0. The predicted molar refractivity (Wildman–Crippen MR) is 497 cm³/mol. The Hall–Kier alpha value is -4.96. The minimum Gasteiger partial charge on any atom is -0.488 e. The fraction of sp³-hybridized carbons (Fsp3) is 0.660. The largest absolute Gasteiger partial charge is 0.488 e. The number of aliphatic hydroxyl groups is 1. The Balaban J connectivity index is 0.000000173. The van der Waals surface area contributed by atoms with E-state index in [1.54, 1.807) is 0 Å². The van der Waals surface area contributed by atoms with Gasteiger partial charge in [-0.3, -0.25) is 0 Å². The molecule has 0 radical (unpaired) electrons. The van der Waals surface area contributed by atoms with Crippen molar-refractivity contribution >= 4 is 31.9 Å². The van der Waals surface area contributed by atoms with Crippen LogP contribution in [0.4, 0.5) is 0 Å². The molecule has 9 heteroatoms. The van der Waals surface area contributed by atoms with Crippen molar-refractivity contribution in [1.29, 1.82) is 0 Å². The zero-order chi connectivity index (χ0) is 85.5. The molecule has 7 fully saturated rings. The van der Waals surface area contributed by atoms with Gasteiger partial charge in [0.05, 0.1) is 14.5 Å². The summed E-state index contributed by atoms with van der Waals surface area (Å²) in [6, 6.07) is 39.3. The van der Waals surface area contributed by atoms with Crippen molar-refractivity contribution < 1.29 is 33.5 Å². The van der Waals surface area contributed by atoms with Crippen LogP contribution in [0.3, 0.4) is 0 Å². The number of para-hydroxylation sites is 6. The van der Waals surface area contributed by atoms with Crippen LogP contribution in [-0.2, 0) is 11.0 Å². The molecule has 9 atom stereocenters. The van der Waals surface area contributed by atoms with Gasteiger partial charge in [0.15, 0.2) is 0 Å².